The van der Waals surface area contributed by atoms with E-state index in [1.807, 2.05) is 0 Å². The molecule has 1 saturated carbocycles. The summed E-state index contributed by atoms with van der Waals surface area (Å²) in [4.78, 5) is 45.0. The molecule has 0 spiro atoms. The summed E-state index contributed by atoms with van der Waals surface area (Å²) in [6.07, 6.45) is 7.04. The van der Waals surface area contributed by atoms with Crippen LogP contribution in [0.25, 0.3) is 0 Å². The molecule has 1 saturated heterocycles. The van der Waals surface area contributed by atoms with Gasteiger partial charge < -0.3 is 4.74 Å². The van der Waals surface area contributed by atoms with Crippen LogP contribution in [0.4, 0.5) is 5.95 Å². The van der Waals surface area contributed by atoms with Crippen molar-refractivity contribution in [2.45, 2.75) is 44.6 Å². The van der Waals surface area contributed by atoms with Crippen LogP contribution in [0.5, 0.6) is 5.88 Å². The normalized spacial score (nSPS) is 20.1. The monoisotopic (exact) mass is 420 g/mol. The number of carbonyl (C=O) groups is 3. The molecule has 0 bridgehead atoms. The summed E-state index contributed by atoms with van der Waals surface area (Å²) in [5.74, 6) is -0.559. The van der Waals surface area contributed by atoms with Crippen LogP contribution in [0, 0.1) is 11.8 Å². The number of nitrogens with zero attached hydrogens (tertiary/aromatic N) is 4. The summed E-state index contributed by atoms with van der Waals surface area (Å²) in [6, 6.07) is 0.811. The lowest BCUT2D eigenvalue weighted by molar-refractivity contribution is -0.159. The Morgan fingerprint density at radius 3 is 2.90 bits per heavy atom. The van der Waals surface area contributed by atoms with Crippen LogP contribution >= 0.6 is 0 Å². The highest BCUT2D eigenvalue weighted by atomic mass is 16.5. The molecule has 3 N–H and O–H groups in total. The Kier molecular flexibility index (Phi) is 7.52. The molecule has 2 heterocycles. The zero-order chi connectivity index (χ0) is 21.5. The Hall–Kier alpha value is -2.79. The first-order valence-electron chi connectivity index (χ1n) is 10.2. The van der Waals surface area contributed by atoms with Crippen molar-refractivity contribution in [3.05, 3.63) is 12.3 Å². The minimum Gasteiger partial charge on any atom is -0.481 e. The van der Waals surface area contributed by atoms with Gasteiger partial charge in [0.15, 0.2) is 0 Å². The van der Waals surface area contributed by atoms with Crippen molar-refractivity contribution < 1.29 is 24.3 Å². The second kappa shape index (κ2) is 10.3. The van der Waals surface area contributed by atoms with E-state index in [1.165, 1.54) is 18.3 Å². The van der Waals surface area contributed by atoms with Crippen LogP contribution in [0.15, 0.2) is 12.3 Å². The lowest BCUT2D eigenvalue weighted by Crippen LogP contribution is -2.51. The van der Waals surface area contributed by atoms with Gasteiger partial charge in [0.2, 0.25) is 24.1 Å². The number of hydroxylamine groups is 2. The number of anilines is 1. The fourth-order valence-corrected chi connectivity index (χ4v) is 4.12. The van der Waals surface area contributed by atoms with Gasteiger partial charge in [0, 0.05) is 18.8 Å². The summed E-state index contributed by atoms with van der Waals surface area (Å²) in [6.45, 7) is 0.347. The molecule has 3 amide bonds. The minimum absolute atomic E-state index is 0.0867. The molecule has 0 aromatic carbocycles. The molecule has 0 unspecified atom stereocenters. The number of rotatable bonds is 9. The largest absolute Gasteiger partial charge is 0.481 e. The van der Waals surface area contributed by atoms with Crippen molar-refractivity contribution in [1.82, 2.24) is 25.5 Å². The van der Waals surface area contributed by atoms with Crippen LogP contribution < -0.4 is 15.5 Å². The number of amides is 3. The van der Waals surface area contributed by atoms with Gasteiger partial charge in [0.1, 0.15) is 6.04 Å². The van der Waals surface area contributed by atoms with E-state index in [0.717, 1.165) is 25.7 Å². The van der Waals surface area contributed by atoms with E-state index in [1.54, 1.807) is 6.07 Å². The van der Waals surface area contributed by atoms with Crippen LogP contribution in [0.2, 0.25) is 0 Å². The molecule has 0 radical (unpaired) electrons. The summed E-state index contributed by atoms with van der Waals surface area (Å²) >= 11 is 0. The van der Waals surface area contributed by atoms with Gasteiger partial charge in [-0.25, -0.2) is 15.5 Å². The zero-order valence-corrected chi connectivity index (χ0v) is 17.0. The lowest BCUT2D eigenvalue weighted by Gasteiger charge is -2.29. The molecule has 1 aromatic heterocycles. The molecule has 2 fully saturated rings. The Bertz CT molecular complexity index is 757. The van der Waals surface area contributed by atoms with Crippen molar-refractivity contribution >= 4 is 24.2 Å². The fourth-order valence-electron chi connectivity index (χ4n) is 4.12. The summed E-state index contributed by atoms with van der Waals surface area (Å²) in [7, 11) is 1.46. The molecule has 1 aromatic rings. The Morgan fingerprint density at radius 2 is 2.20 bits per heavy atom. The molecular weight excluding hydrogens is 392 g/mol. The minimum atomic E-state index is -0.748. The van der Waals surface area contributed by atoms with Gasteiger partial charge in [-0.3, -0.25) is 29.9 Å². The average molecular weight is 420 g/mol. The number of ether oxygens (including phenoxy) is 1. The van der Waals surface area contributed by atoms with Crippen molar-refractivity contribution in [2.24, 2.45) is 11.8 Å². The van der Waals surface area contributed by atoms with Crippen LogP contribution in [-0.4, -0.2) is 69.7 Å². The van der Waals surface area contributed by atoms with E-state index in [9.17, 15) is 19.6 Å². The number of hydrogen-bond acceptors (Lipinski definition) is 8. The quantitative estimate of drug-likeness (QED) is 0.300. The molecule has 1 aliphatic heterocycles. The maximum absolute atomic E-state index is 13.2. The van der Waals surface area contributed by atoms with Gasteiger partial charge >= 0.3 is 0 Å². The van der Waals surface area contributed by atoms with Crippen molar-refractivity contribution in [1.29, 1.82) is 0 Å². The van der Waals surface area contributed by atoms with E-state index >= 15 is 0 Å². The van der Waals surface area contributed by atoms with Crippen molar-refractivity contribution in [2.75, 3.05) is 25.5 Å². The van der Waals surface area contributed by atoms with Gasteiger partial charge in [-0.05, 0) is 18.8 Å². The van der Waals surface area contributed by atoms with Crippen LogP contribution in [0.1, 0.15) is 38.5 Å². The van der Waals surface area contributed by atoms with Gasteiger partial charge in [-0.1, -0.05) is 25.7 Å². The molecular formula is C19H28N6O5. The predicted octanol–water partition coefficient (Wildman–Crippen LogP) is 0.573. The third-order valence-electron chi connectivity index (χ3n) is 5.60. The van der Waals surface area contributed by atoms with E-state index in [2.05, 4.69) is 20.7 Å². The lowest BCUT2D eigenvalue weighted by atomic mass is 9.92. The molecule has 30 heavy (non-hydrogen) atoms. The van der Waals surface area contributed by atoms with E-state index < -0.39 is 17.9 Å². The first-order valence-corrected chi connectivity index (χ1v) is 10.2. The fraction of sp³-hybridized carbons (Fsp3) is 0.632. The topological polar surface area (TPSA) is 137 Å². The molecule has 11 nitrogen and oxygen atoms in total. The Labute approximate surface area is 174 Å². The van der Waals surface area contributed by atoms with E-state index in [4.69, 9.17) is 4.74 Å². The zero-order valence-electron chi connectivity index (χ0n) is 17.0. The number of methoxy groups -OCH3 is 1. The maximum Gasteiger partial charge on any atom is 0.251 e. The van der Waals surface area contributed by atoms with E-state index in [0.29, 0.717) is 36.2 Å². The number of aromatic nitrogens is 2. The standard InChI is InChI=1S/C19H28N6O5/c1-30-16-7-8-20-19(22-16)23-17(27)15-6-9-21-25(15)18(28)14(11-24(29)12-26)10-13-4-2-3-5-13/h7-8,12-15,21,29H,2-6,9-11H2,1H3,(H,20,22,23,27)/t14-,15+/m1/s1. The second-order valence-electron chi connectivity index (χ2n) is 7.64. The summed E-state index contributed by atoms with van der Waals surface area (Å²) in [5.41, 5.74) is 2.96. The van der Waals surface area contributed by atoms with Gasteiger partial charge in [-0.15, -0.1) is 0 Å². The highest BCUT2D eigenvalue weighted by molar-refractivity contribution is 5.96. The first kappa shape index (κ1) is 21.9. The van der Waals surface area contributed by atoms with E-state index in [-0.39, 0.29) is 24.8 Å². The van der Waals surface area contributed by atoms with Crippen molar-refractivity contribution in [3.63, 3.8) is 0 Å². The average Bonchev–Trinajstić information content (AvgIpc) is 3.44. The van der Waals surface area contributed by atoms with Crippen molar-refractivity contribution in [3.8, 4) is 5.88 Å². The molecule has 1 aliphatic carbocycles. The molecule has 11 heteroatoms. The third kappa shape index (κ3) is 5.42. The highest BCUT2D eigenvalue weighted by Gasteiger charge is 2.39. The number of hydrogen-bond donors (Lipinski definition) is 3. The smallest absolute Gasteiger partial charge is 0.251 e. The molecule has 164 valence electrons. The highest BCUT2D eigenvalue weighted by Crippen LogP contribution is 2.31. The number of hydrazine groups is 1. The first-order chi connectivity index (χ1) is 14.5. The third-order valence-corrected chi connectivity index (χ3v) is 5.60. The molecule has 2 atom stereocenters. The molecule has 2 aliphatic rings. The number of carbonyl (C=O) groups excluding carboxylic acids is 3. The number of nitrogens with one attached hydrogen (secondary N) is 2. The predicted molar refractivity (Wildman–Crippen MR) is 105 cm³/mol. The van der Waals surface area contributed by atoms with Gasteiger partial charge in [-0.2, -0.15) is 4.98 Å². The second-order valence-corrected chi connectivity index (χ2v) is 7.64. The Morgan fingerprint density at radius 1 is 1.43 bits per heavy atom. The summed E-state index contributed by atoms with van der Waals surface area (Å²) in [5, 5.41) is 14.1. The van der Waals surface area contributed by atoms with Gasteiger partial charge in [0.25, 0.3) is 5.91 Å². The van der Waals surface area contributed by atoms with Crippen LogP contribution in [-0.2, 0) is 14.4 Å². The SMILES string of the molecule is COc1ccnc(NC(=O)[C@@H]2CCNN2C(=O)[C@H](CC2CCCC2)CN(O)C=O)n1. The molecule has 3 rings (SSSR count). The maximum atomic E-state index is 13.2. The summed E-state index contributed by atoms with van der Waals surface area (Å²) < 4.78 is 5.03. The van der Waals surface area contributed by atoms with Crippen LogP contribution in [0.3, 0.4) is 0 Å². The van der Waals surface area contributed by atoms with Gasteiger partial charge in [0.05, 0.1) is 19.6 Å². The Balaban J connectivity index is 1.69.